The molecule has 2 saturated carbocycles. The molecule has 0 radical (unpaired) electrons. The van der Waals surface area contributed by atoms with Gasteiger partial charge >= 0.3 is 0 Å². The number of halogens is 3. The molecule has 0 unspecified atom stereocenters. The number of H-pyrrole nitrogens is 1. The number of rotatable bonds is 5. The van der Waals surface area contributed by atoms with E-state index in [1.807, 2.05) is 0 Å². The molecule has 1 aromatic heterocycles. The first kappa shape index (κ1) is 19.2. The maximum atomic E-state index is 14.4. The van der Waals surface area contributed by atoms with Crippen LogP contribution >= 0.6 is 0 Å². The van der Waals surface area contributed by atoms with Crippen LogP contribution < -0.4 is 5.32 Å². The summed E-state index contributed by atoms with van der Waals surface area (Å²) in [5, 5.41) is 13.1. The highest BCUT2D eigenvalue weighted by molar-refractivity contribution is 5.92. The molecule has 3 aromatic rings. The van der Waals surface area contributed by atoms with Crippen LogP contribution in [0.3, 0.4) is 0 Å². The molecule has 2 aliphatic carbocycles. The van der Waals surface area contributed by atoms with Crippen LogP contribution in [0.2, 0.25) is 0 Å². The number of benzene rings is 2. The summed E-state index contributed by atoms with van der Waals surface area (Å²) in [6.07, 6.45) is 2.50. The van der Waals surface area contributed by atoms with E-state index in [9.17, 15) is 23.1 Å². The van der Waals surface area contributed by atoms with Crippen molar-refractivity contribution in [2.75, 3.05) is 6.54 Å². The van der Waals surface area contributed by atoms with Crippen LogP contribution in [0.4, 0.5) is 13.2 Å². The summed E-state index contributed by atoms with van der Waals surface area (Å²) in [5.41, 5.74) is 1.23. The van der Waals surface area contributed by atoms with Crippen LogP contribution in [-0.4, -0.2) is 28.1 Å². The second kappa shape index (κ2) is 6.87. The third-order valence-corrected chi connectivity index (χ3v) is 6.34. The molecule has 0 spiro atoms. The topological polar surface area (TPSA) is 65.1 Å². The molecule has 0 atom stereocenters. The van der Waals surface area contributed by atoms with Crippen LogP contribution in [0.25, 0.3) is 22.2 Å². The molecule has 0 aliphatic heterocycles. The highest BCUT2D eigenvalue weighted by Crippen LogP contribution is 2.48. The molecule has 30 heavy (non-hydrogen) atoms. The second-order valence-electron chi connectivity index (χ2n) is 8.51. The number of aromatic nitrogens is 1. The fourth-order valence-corrected chi connectivity index (χ4v) is 4.39. The Hall–Kier alpha value is -2.80. The molecule has 3 N–H and O–H groups in total. The van der Waals surface area contributed by atoms with E-state index in [0.29, 0.717) is 36.0 Å². The number of aliphatic hydroxyl groups is 1. The predicted molar refractivity (Wildman–Crippen MR) is 106 cm³/mol. The van der Waals surface area contributed by atoms with Crippen molar-refractivity contribution >= 4 is 16.8 Å². The number of fused-ring (bicyclic) bond motifs is 1. The van der Waals surface area contributed by atoms with E-state index >= 15 is 0 Å². The number of hydrogen-bond donors (Lipinski definition) is 3. The monoisotopic (exact) mass is 414 g/mol. The van der Waals surface area contributed by atoms with Crippen LogP contribution in [0, 0.1) is 23.4 Å². The lowest BCUT2D eigenvalue weighted by Crippen LogP contribution is -2.41. The summed E-state index contributed by atoms with van der Waals surface area (Å²) in [6, 6.07) is 8.08. The lowest BCUT2D eigenvalue weighted by atomic mass is 9.70. The number of nitrogens with one attached hydrogen (secondary N) is 2. The smallest absolute Gasteiger partial charge is 0.251 e. The molecule has 2 aromatic carbocycles. The molecule has 2 fully saturated rings. The molecule has 4 nitrogen and oxygen atoms in total. The zero-order chi connectivity index (χ0) is 21.0. The fourth-order valence-electron chi connectivity index (χ4n) is 4.39. The summed E-state index contributed by atoms with van der Waals surface area (Å²) >= 11 is 0. The molecular formula is C23H21F3N2O2. The van der Waals surface area contributed by atoms with E-state index in [-0.39, 0.29) is 29.1 Å². The number of aromatic amines is 1. The van der Waals surface area contributed by atoms with Gasteiger partial charge in [0.2, 0.25) is 0 Å². The maximum absolute atomic E-state index is 14.4. The summed E-state index contributed by atoms with van der Waals surface area (Å²) in [7, 11) is 0. The first-order valence-corrected chi connectivity index (χ1v) is 10.1. The van der Waals surface area contributed by atoms with Gasteiger partial charge in [0.25, 0.3) is 5.91 Å². The van der Waals surface area contributed by atoms with Crippen LogP contribution in [-0.2, 0) is 4.79 Å². The minimum atomic E-state index is -1.19. The van der Waals surface area contributed by atoms with E-state index in [4.69, 9.17) is 0 Å². The zero-order valence-electron chi connectivity index (χ0n) is 16.1. The highest BCUT2D eigenvalue weighted by Gasteiger charge is 2.48. The van der Waals surface area contributed by atoms with Crippen molar-refractivity contribution < 1.29 is 23.1 Å². The Morgan fingerprint density at radius 2 is 1.80 bits per heavy atom. The second-order valence-corrected chi connectivity index (χ2v) is 8.51. The first-order valence-electron chi connectivity index (χ1n) is 10.1. The molecule has 7 heteroatoms. The normalized spacial score (nSPS) is 22.0. The lowest BCUT2D eigenvalue weighted by molar-refractivity contribution is -0.131. The Bertz CT molecular complexity index is 1130. The molecule has 156 valence electrons. The minimum absolute atomic E-state index is 0.0610. The molecule has 0 bridgehead atoms. The van der Waals surface area contributed by atoms with E-state index in [1.165, 1.54) is 18.2 Å². The van der Waals surface area contributed by atoms with E-state index < -0.39 is 17.2 Å². The maximum Gasteiger partial charge on any atom is 0.251 e. The highest BCUT2D eigenvalue weighted by atomic mass is 19.1. The third-order valence-electron chi connectivity index (χ3n) is 6.34. The van der Waals surface area contributed by atoms with E-state index in [0.717, 1.165) is 24.5 Å². The van der Waals surface area contributed by atoms with Gasteiger partial charge in [-0.25, -0.2) is 13.2 Å². The molecular weight excluding hydrogens is 393 g/mol. The predicted octanol–water partition coefficient (Wildman–Crippen LogP) is 4.39. The largest absolute Gasteiger partial charge is 0.380 e. The molecule has 5 rings (SSSR count). The van der Waals surface area contributed by atoms with Gasteiger partial charge < -0.3 is 15.4 Å². The van der Waals surface area contributed by atoms with Gasteiger partial charge in [-0.3, -0.25) is 4.79 Å². The Morgan fingerprint density at radius 3 is 2.47 bits per heavy atom. The van der Waals surface area contributed by atoms with Gasteiger partial charge in [-0.05, 0) is 79.0 Å². The Labute approximate surface area is 171 Å². The van der Waals surface area contributed by atoms with Crippen molar-refractivity contribution in [3.63, 3.8) is 0 Å². The number of amides is 1. The quantitative estimate of drug-likeness (QED) is 0.580. The standard InChI is InChI=1S/C23H21F3N2O2/c24-15-3-1-13(2-4-15)20-19(17-9-16(25)10-18(26)21(17)28-20)14-7-12(8-14)11-27-22(29)23(30)5-6-23/h1-4,9-10,12,14,28,30H,5-8,11H2,(H,27,29)/t12-,14+. The summed E-state index contributed by atoms with van der Waals surface area (Å²) < 4.78 is 41.7. The van der Waals surface area contributed by atoms with E-state index in [2.05, 4.69) is 10.3 Å². The van der Waals surface area contributed by atoms with Crippen molar-refractivity contribution in [1.82, 2.24) is 10.3 Å². The minimum Gasteiger partial charge on any atom is -0.380 e. The van der Waals surface area contributed by atoms with Gasteiger partial charge in [-0.2, -0.15) is 0 Å². The summed E-state index contributed by atoms with van der Waals surface area (Å²) in [4.78, 5) is 15.0. The van der Waals surface area contributed by atoms with Gasteiger partial charge in [-0.1, -0.05) is 0 Å². The molecule has 1 amide bonds. The lowest BCUT2D eigenvalue weighted by Gasteiger charge is -2.36. The third kappa shape index (κ3) is 3.27. The number of carbonyl (C=O) groups excluding carboxylic acids is 1. The van der Waals surface area contributed by atoms with Crippen LogP contribution in [0.15, 0.2) is 36.4 Å². The van der Waals surface area contributed by atoms with E-state index in [1.54, 1.807) is 12.1 Å². The Balaban J connectivity index is 1.42. The average Bonchev–Trinajstić information content (AvgIpc) is 3.32. The molecule has 2 aliphatic rings. The number of hydrogen-bond acceptors (Lipinski definition) is 2. The van der Waals surface area contributed by atoms with Crippen molar-refractivity contribution in [3.8, 4) is 11.3 Å². The summed E-state index contributed by atoms with van der Waals surface area (Å²) in [5.74, 6) is -1.72. The average molecular weight is 414 g/mol. The van der Waals surface area contributed by atoms with Gasteiger partial charge in [0.05, 0.1) is 11.2 Å². The molecule has 1 heterocycles. The Morgan fingerprint density at radius 1 is 1.10 bits per heavy atom. The van der Waals surface area contributed by atoms with Crippen LogP contribution in [0.5, 0.6) is 0 Å². The fraction of sp³-hybridized carbons (Fsp3) is 0.348. The van der Waals surface area contributed by atoms with Crippen molar-refractivity contribution in [2.24, 2.45) is 5.92 Å². The summed E-state index contributed by atoms with van der Waals surface area (Å²) in [6.45, 7) is 0.467. The van der Waals surface area contributed by atoms with Gasteiger partial charge in [-0.15, -0.1) is 0 Å². The van der Waals surface area contributed by atoms with Crippen molar-refractivity contribution in [2.45, 2.75) is 37.2 Å². The van der Waals surface area contributed by atoms with Gasteiger partial charge in [0.15, 0.2) is 0 Å². The van der Waals surface area contributed by atoms with Gasteiger partial charge in [0, 0.05) is 18.0 Å². The van der Waals surface area contributed by atoms with Crippen LogP contribution in [0.1, 0.15) is 37.2 Å². The molecule has 0 saturated heterocycles. The first-order chi connectivity index (χ1) is 14.3. The van der Waals surface area contributed by atoms with Gasteiger partial charge in [0.1, 0.15) is 23.1 Å². The van der Waals surface area contributed by atoms with Crippen molar-refractivity contribution in [1.29, 1.82) is 0 Å². The zero-order valence-corrected chi connectivity index (χ0v) is 16.1. The number of carbonyl (C=O) groups is 1. The SMILES string of the molecule is O=C(NC[C@H]1C[C@@H](c2c(-c3ccc(F)cc3)[nH]c3c(F)cc(F)cc32)C1)C1(O)CC1. The Kier molecular flexibility index (Phi) is 4.39. The van der Waals surface area contributed by atoms with Crippen molar-refractivity contribution in [3.05, 3.63) is 59.4 Å².